The first-order valence-corrected chi connectivity index (χ1v) is 9.95. The summed E-state index contributed by atoms with van der Waals surface area (Å²) in [5, 5.41) is 42.0. The van der Waals surface area contributed by atoms with Gasteiger partial charge in [0.1, 0.15) is 0 Å². The van der Waals surface area contributed by atoms with E-state index in [4.69, 9.17) is 0 Å². The number of carboxylic acid groups (broad SMARTS) is 1. The lowest BCUT2D eigenvalue weighted by atomic mass is 9.42. The van der Waals surface area contributed by atoms with Crippen LogP contribution >= 0.6 is 0 Å². The number of aliphatic hydroxyl groups is 3. The zero-order valence-corrected chi connectivity index (χ0v) is 15.3. The number of hydrogen-bond acceptors (Lipinski definition) is 4. The van der Waals surface area contributed by atoms with Crippen LogP contribution in [0.15, 0.2) is 0 Å². The zero-order valence-electron chi connectivity index (χ0n) is 15.3. The molecule has 25 heavy (non-hydrogen) atoms. The third-order valence-corrected chi connectivity index (χ3v) is 9.13. The van der Waals surface area contributed by atoms with Crippen molar-refractivity contribution in [3.8, 4) is 0 Å². The van der Waals surface area contributed by atoms with Gasteiger partial charge in [-0.05, 0) is 68.1 Å². The van der Waals surface area contributed by atoms with E-state index in [9.17, 15) is 25.2 Å². The van der Waals surface area contributed by atoms with E-state index < -0.39 is 29.2 Å². The van der Waals surface area contributed by atoms with Crippen LogP contribution in [0.3, 0.4) is 0 Å². The summed E-state index contributed by atoms with van der Waals surface area (Å²) in [5.74, 6) is -0.0615. The zero-order chi connectivity index (χ0) is 18.2. The minimum atomic E-state index is -1.22. The van der Waals surface area contributed by atoms with Gasteiger partial charge in [0.25, 0.3) is 0 Å². The molecule has 0 radical (unpaired) electrons. The van der Waals surface area contributed by atoms with Crippen molar-refractivity contribution in [3.63, 3.8) is 0 Å². The first-order chi connectivity index (χ1) is 11.6. The van der Waals surface area contributed by atoms with Crippen LogP contribution in [0, 0.1) is 34.5 Å². The first kappa shape index (κ1) is 17.7. The number of carboxylic acids is 1. The summed E-state index contributed by atoms with van der Waals surface area (Å²) in [5.41, 5.74) is -1.80. The largest absolute Gasteiger partial charge is 0.481 e. The molecule has 0 spiro atoms. The highest BCUT2D eigenvalue weighted by Crippen LogP contribution is 2.68. The van der Waals surface area contributed by atoms with E-state index in [1.54, 1.807) is 0 Å². The Hall–Kier alpha value is -0.650. The van der Waals surface area contributed by atoms with Crippen molar-refractivity contribution >= 4 is 5.97 Å². The summed E-state index contributed by atoms with van der Waals surface area (Å²) in [6, 6.07) is 0. The van der Waals surface area contributed by atoms with Crippen LogP contribution in [0.2, 0.25) is 0 Å². The summed E-state index contributed by atoms with van der Waals surface area (Å²) >= 11 is 0. The van der Waals surface area contributed by atoms with E-state index >= 15 is 0 Å². The maximum absolute atomic E-state index is 11.7. The number of rotatable bonds is 1. The van der Waals surface area contributed by atoms with Gasteiger partial charge < -0.3 is 20.4 Å². The van der Waals surface area contributed by atoms with Gasteiger partial charge in [0, 0.05) is 11.8 Å². The molecule has 0 bridgehead atoms. The normalized spacial score (nSPS) is 58.1. The van der Waals surface area contributed by atoms with Gasteiger partial charge in [-0.15, -0.1) is 0 Å². The predicted molar refractivity (Wildman–Crippen MR) is 91.7 cm³/mol. The molecule has 4 rings (SSSR count). The van der Waals surface area contributed by atoms with Crippen LogP contribution in [0.25, 0.3) is 0 Å². The van der Waals surface area contributed by atoms with Gasteiger partial charge in [0.05, 0.1) is 23.7 Å². The van der Waals surface area contributed by atoms with Gasteiger partial charge in [-0.3, -0.25) is 4.79 Å². The van der Waals surface area contributed by atoms with Crippen LogP contribution in [-0.2, 0) is 4.79 Å². The average Bonchev–Trinajstić information content (AvgIpc) is 2.88. The Morgan fingerprint density at radius 3 is 2.40 bits per heavy atom. The highest BCUT2D eigenvalue weighted by atomic mass is 16.4. The molecule has 0 heterocycles. The lowest BCUT2D eigenvalue weighted by Crippen LogP contribution is -2.68. The van der Waals surface area contributed by atoms with Crippen molar-refractivity contribution in [2.24, 2.45) is 34.5 Å². The lowest BCUT2D eigenvalue weighted by molar-refractivity contribution is -0.264. The fourth-order valence-corrected chi connectivity index (χ4v) is 7.67. The van der Waals surface area contributed by atoms with Crippen LogP contribution in [0.5, 0.6) is 0 Å². The second-order valence-corrected chi connectivity index (χ2v) is 9.88. The molecule has 4 aliphatic carbocycles. The van der Waals surface area contributed by atoms with E-state index in [1.165, 1.54) is 0 Å². The number of carbonyl (C=O) groups is 1. The van der Waals surface area contributed by atoms with Crippen molar-refractivity contribution < 1.29 is 25.2 Å². The Morgan fingerprint density at radius 1 is 1.00 bits per heavy atom. The molecule has 0 aromatic carbocycles. The number of hydrogen-bond donors (Lipinski definition) is 4. The standard InChI is InChI=1S/C20H32O5/c1-18-7-6-14-12(13(18)3-4-15(18)17(23)24)9-16(22)20(25)10-11(21)5-8-19(14,20)2/h11-16,21-22,25H,3-10H2,1-2H3,(H,23,24)/t11-,12-,13-,14-,15+,16+,18-,19+,20-/m0/s1. The topological polar surface area (TPSA) is 98.0 Å². The van der Waals surface area contributed by atoms with Gasteiger partial charge >= 0.3 is 5.97 Å². The van der Waals surface area contributed by atoms with Gasteiger partial charge in [-0.1, -0.05) is 13.8 Å². The minimum Gasteiger partial charge on any atom is -0.481 e. The monoisotopic (exact) mass is 352 g/mol. The third kappa shape index (κ3) is 2.15. The maximum Gasteiger partial charge on any atom is 0.307 e. The SMILES string of the molecule is C[C@]12CC[C@H]3[C@@H](C[C@@H](O)[C@@]4(O)C[C@@H](O)CC[C@]34C)[C@@H]1CC[C@@H]2C(=O)O. The summed E-state index contributed by atoms with van der Waals surface area (Å²) in [6.45, 7) is 4.24. The van der Waals surface area contributed by atoms with Crippen molar-refractivity contribution in [2.75, 3.05) is 0 Å². The molecule has 5 heteroatoms. The van der Waals surface area contributed by atoms with Gasteiger partial charge in [0.15, 0.2) is 0 Å². The predicted octanol–water partition coefficient (Wildman–Crippen LogP) is 2.18. The van der Waals surface area contributed by atoms with E-state index in [-0.39, 0.29) is 23.7 Å². The quantitative estimate of drug-likeness (QED) is 0.580. The molecule has 0 aliphatic heterocycles. The fraction of sp³-hybridized carbons (Fsp3) is 0.950. The second kappa shape index (κ2) is 5.43. The molecule has 142 valence electrons. The summed E-state index contributed by atoms with van der Waals surface area (Å²) in [4.78, 5) is 11.7. The Kier molecular flexibility index (Phi) is 3.85. The molecule has 0 aromatic rings. The van der Waals surface area contributed by atoms with Crippen LogP contribution in [-0.4, -0.2) is 44.2 Å². The molecule has 0 saturated heterocycles. The Morgan fingerprint density at radius 2 is 1.72 bits per heavy atom. The molecule has 5 nitrogen and oxygen atoms in total. The van der Waals surface area contributed by atoms with Crippen LogP contribution in [0.4, 0.5) is 0 Å². The molecular weight excluding hydrogens is 320 g/mol. The number of aliphatic hydroxyl groups excluding tert-OH is 2. The van der Waals surface area contributed by atoms with Crippen LogP contribution < -0.4 is 0 Å². The first-order valence-electron chi connectivity index (χ1n) is 9.95. The van der Waals surface area contributed by atoms with Crippen molar-refractivity contribution in [3.05, 3.63) is 0 Å². The highest BCUT2D eigenvalue weighted by Gasteiger charge is 2.67. The Bertz CT molecular complexity index is 578. The van der Waals surface area contributed by atoms with Crippen LogP contribution in [0.1, 0.15) is 65.2 Å². The molecule has 0 unspecified atom stereocenters. The Labute approximate surface area is 149 Å². The molecule has 4 aliphatic rings. The smallest absolute Gasteiger partial charge is 0.307 e. The van der Waals surface area contributed by atoms with E-state index in [0.29, 0.717) is 24.7 Å². The second-order valence-electron chi connectivity index (χ2n) is 9.88. The average molecular weight is 352 g/mol. The Balaban J connectivity index is 1.69. The van der Waals surface area contributed by atoms with Crippen molar-refractivity contribution in [1.29, 1.82) is 0 Å². The minimum absolute atomic E-state index is 0.188. The summed E-state index contributed by atoms with van der Waals surface area (Å²) in [6.07, 6.45) is 4.28. The molecule has 0 amide bonds. The molecule has 0 aromatic heterocycles. The summed E-state index contributed by atoms with van der Waals surface area (Å²) < 4.78 is 0. The molecule has 9 atom stereocenters. The summed E-state index contributed by atoms with van der Waals surface area (Å²) in [7, 11) is 0. The van der Waals surface area contributed by atoms with Gasteiger partial charge in [-0.2, -0.15) is 0 Å². The molecule has 4 fully saturated rings. The van der Waals surface area contributed by atoms with Gasteiger partial charge in [0.2, 0.25) is 0 Å². The van der Waals surface area contributed by atoms with Crippen molar-refractivity contribution in [1.82, 2.24) is 0 Å². The number of fused-ring (bicyclic) bond motifs is 5. The fourth-order valence-electron chi connectivity index (χ4n) is 7.67. The van der Waals surface area contributed by atoms with Crippen molar-refractivity contribution in [2.45, 2.75) is 83.0 Å². The lowest BCUT2D eigenvalue weighted by Gasteiger charge is -2.65. The van der Waals surface area contributed by atoms with E-state index in [0.717, 1.165) is 32.1 Å². The molecule has 4 N–H and O–H groups in total. The van der Waals surface area contributed by atoms with E-state index in [2.05, 4.69) is 13.8 Å². The van der Waals surface area contributed by atoms with Gasteiger partial charge in [-0.25, -0.2) is 0 Å². The number of aliphatic carboxylic acids is 1. The molecular formula is C20H32O5. The maximum atomic E-state index is 11.7. The molecule has 4 saturated carbocycles. The highest BCUT2D eigenvalue weighted by molar-refractivity contribution is 5.71. The third-order valence-electron chi connectivity index (χ3n) is 9.13. The van der Waals surface area contributed by atoms with E-state index in [1.807, 2.05) is 0 Å².